The van der Waals surface area contributed by atoms with Crippen LogP contribution in [0.5, 0.6) is 0 Å². The summed E-state index contributed by atoms with van der Waals surface area (Å²) in [5.74, 6) is -0.501. The number of hydrogen-bond donors (Lipinski definition) is 2. The Bertz CT molecular complexity index is 911. The molecule has 1 fully saturated rings. The van der Waals surface area contributed by atoms with Crippen LogP contribution in [0.15, 0.2) is 41.8 Å². The summed E-state index contributed by atoms with van der Waals surface area (Å²) >= 11 is 1.61. The lowest BCUT2D eigenvalue weighted by Crippen LogP contribution is -2.47. The van der Waals surface area contributed by atoms with E-state index in [-0.39, 0.29) is 24.3 Å². The molecule has 146 valence electrons. The third-order valence-electron chi connectivity index (χ3n) is 5.61. The molecule has 28 heavy (non-hydrogen) atoms. The van der Waals surface area contributed by atoms with Crippen LogP contribution in [0.4, 0.5) is 4.79 Å². The lowest BCUT2D eigenvalue weighted by molar-refractivity contribution is -0.135. The monoisotopic (exact) mass is 397 g/mol. The van der Waals surface area contributed by atoms with E-state index >= 15 is 0 Å². The van der Waals surface area contributed by atoms with E-state index in [0.717, 1.165) is 33.7 Å². The summed E-state index contributed by atoms with van der Waals surface area (Å²) in [4.78, 5) is 40.2. The van der Waals surface area contributed by atoms with E-state index in [4.69, 9.17) is 0 Å². The predicted octanol–water partition coefficient (Wildman–Crippen LogP) is 2.75. The highest BCUT2D eigenvalue weighted by molar-refractivity contribution is 7.10. The Labute approximate surface area is 167 Å². The van der Waals surface area contributed by atoms with E-state index in [0.29, 0.717) is 13.0 Å². The minimum absolute atomic E-state index is 0.145. The Morgan fingerprint density at radius 1 is 1.29 bits per heavy atom. The fourth-order valence-corrected chi connectivity index (χ4v) is 5.05. The van der Waals surface area contributed by atoms with E-state index in [2.05, 4.69) is 10.6 Å². The number of aryl methyl sites for hydroxylation is 1. The molecule has 0 unspecified atom stereocenters. The van der Waals surface area contributed by atoms with Crippen molar-refractivity contribution in [3.05, 3.63) is 57.8 Å². The molecular weight excluding hydrogens is 374 g/mol. The van der Waals surface area contributed by atoms with Gasteiger partial charge in [-0.15, -0.1) is 11.3 Å². The maximum atomic E-state index is 13.1. The maximum Gasteiger partial charge on any atom is 0.325 e. The van der Waals surface area contributed by atoms with Gasteiger partial charge in [0.05, 0.1) is 0 Å². The average molecular weight is 398 g/mol. The summed E-state index contributed by atoms with van der Waals surface area (Å²) < 4.78 is 0. The number of benzene rings is 1. The molecule has 4 rings (SSSR count). The maximum absolute atomic E-state index is 13.1. The Morgan fingerprint density at radius 2 is 2.07 bits per heavy atom. The minimum Gasteiger partial charge on any atom is -0.354 e. The topological polar surface area (TPSA) is 78.5 Å². The molecule has 2 atom stereocenters. The van der Waals surface area contributed by atoms with Crippen LogP contribution in [-0.4, -0.2) is 35.8 Å². The molecule has 0 bridgehead atoms. The largest absolute Gasteiger partial charge is 0.354 e. The van der Waals surface area contributed by atoms with E-state index < -0.39 is 11.6 Å². The van der Waals surface area contributed by atoms with Gasteiger partial charge in [-0.2, -0.15) is 0 Å². The molecule has 2 aromatic rings. The first-order chi connectivity index (χ1) is 13.5. The highest BCUT2D eigenvalue weighted by Gasteiger charge is 2.54. The highest BCUT2D eigenvalue weighted by Crippen LogP contribution is 2.41. The van der Waals surface area contributed by atoms with Crippen molar-refractivity contribution in [3.8, 4) is 0 Å². The van der Waals surface area contributed by atoms with Gasteiger partial charge in [-0.05, 0) is 42.2 Å². The Morgan fingerprint density at radius 3 is 2.86 bits per heavy atom. The molecule has 0 saturated carbocycles. The lowest BCUT2D eigenvalue weighted by Gasteiger charge is -2.31. The number of imide groups is 1. The molecule has 2 heterocycles. The van der Waals surface area contributed by atoms with Gasteiger partial charge in [0.1, 0.15) is 12.1 Å². The highest BCUT2D eigenvalue weighted by atomic mass is 32.1. The van der Waals surface area contributed by atoms with Gasteiger partial charge in [-0.1, -0.05) is 37.3 Å². The lowest BCUT2D eigenvalue weighted by atomic mass is 9.80. The van der Waals surface area contributed by atoms with Crippen LogP contribution in [0, 0.1) is 0 Å². The van der Waals surface area contributed by atoms with E-state index in [1.165, 1.54) is 0 Å². The number of fused-ring (bicyclic) bond motifs is 2. The fourth-order valence-electron chi connectivity index (χ4n) is 4.05. The molecule has 1 aliphatic heterocycles. The van der Waals surface area contributed by atoms with Gasteiger partial charge in [0.2, 0.25) is 5.91 Å². The summed E-state index contributed by atoms with van der Waals surface area (Å²) in [6.45, 7) is 2.22. The van der Waals surface area contributed by atoms with Gasteiger partial charge >= 0.3 is 6.03 Å². The summed E-state index contributed by atoms with van der Waals surface area (Å²) in [6, 6.07) is 11.3. The zero-order valence-electron chi connectivity index (χ0n) is 15.7. The Balaban J connectivity index is 1.41. The molecular formula is C21H23N3O3S. The first-order valence-electron chi connectivity index (χ1n) is 9.54. The number of nitrogens with zero attached hydrogens (tertiary/aromatic N) is 1. The van der Waals surface area contributed by atoms with Crippen molar-refractivity contribution in [1.29, 1.82) is 0 Å². The van der Waals surface area contributed by atoms with Crippen LogP contribution in [0.1, 0.15) is 41.7 Å². The molecule has 1 aliphatic carbocycles. The van der Waals surface area contributed by atoms with Crippen LogP contribution in [0.2, 0.25) is 0 Å². The molecule has 2 N–H and O–H groups in total. The van der Waals surface area contributed by atoms with Gasteiger partial charge in [-0.25, -0.2) is 4.79 Å². The number of amides is 4. The zero-order chi connectivity index (χ0) is 19.7. The molecule has 1 spiro atoms. The fraction of sp³-hybridized carbons (Fsp3) is 0.381. The zero-order valence-corrected chi connectivity index (χ0v) is 16.6. The van der Waals surface area contributed by atoms with Crippen LogP contribution in [0.25, 0.3) is 0 Å². The van der Waals surface area contributed by atoms with Crippen molar-refractivity contribution in [1.82, 2.24) is 15.5 Å². The number of carbonyl (C=O) groups excluding carboxylic acids is 3. The third kappa shape index (κ3) is 3.20. The van der Waals surface area contributed by atoms with Crippen molar-refractivity contribution < 1.29 is 14.4 Å². The second-order valence-corrected chi connectivity index (χ2v) is 8.45. The first-order valence-corrected chi connectivity index (χ1v) is 10.4. The van der Waals surface area contributed by atoms with Gasteiger partial charge in [-0.3, -0.25) is 14.5 Å². The molecule has 4 amide bonds. The number of carbonyl (C=O) groups is 3. The normalized spacial score (nSPS) is 22.1. The number of urea groups is 1. The van der Waals surface area contributed by atoms with Crippen LogP contribution < -0.4 is 10.6 Å². The predicted molar refractivity (Wildman–Crippen MR) is 107 cm³/mol. The summed E-state index contributed by atoms with van der Waals surface area (Å²) in [6.07, 6.45) is 2.34. The second-order valence-electron chi connectivity index (χ2n) is 7.45. The molecule has 0 radical (unpaired) electrons. The van der Waals surface area contributed by atoms with Gasteiger partial charge in [0.15, 0.2) is 0 Å². The number of nitrogens with one attached hydrogen (secondary N) is 2. The molecule has 6 nitrogen and oxygen atoms in total. The summed E-state index contributed by atoms with van der Waals surface area (Å²) in [5.41, 5.74) is 1.02. The molecule has 1 saturated heterocycles. The number of rotatable bonds is 5. The van der Waals surface area contributed by atoms with Crippen molar-refractivity contribution in [2.75, 3.05) is 13.1 Å². The van der Waals surface area contributed by atoms with E-state index in [9.17, 15) is 14.4 Å². The Kier molecular flexibility index (Phi) is 4.93. The van der Waals surface area contributed by atoms with Crippen molar-refractivity contribution in [2.45, 2.75) is 37.6 Å². The summed E-state index contributed by atoms with van der Waals surface area (Å²) in [7, 11) is 0. The van der Waals surface area contributed by atoms with Crippen molar-refractivity contribution in [3.63, 3.8) is 0 Å². The Hall–Kier alpha value is -2.67. The number of hydrogen-bond acceptors (Lipinski definition) is 4. The van der Waals surface area contributed by atoms with Crippen LogP contribution in [0.3, 0.4) is 0 Å². The van der Waals surface area contributed by atoms with Crippen molar-refractivity contribution >= 4 is 29.2 Å². The number of thiophene rings is 1. The smallest absolute Gasteiger partial charge is 0.325 e. The van der Waals surface area contributed by atoms with Gasteiger partial charge in [0.25, 0.3) is 5.91 Å². The molecule has 7 heteroatoms. The van der Waals surface area contributed by atoms with E-state index in [1.54, 1.807) is 11.3 Å². The van der Waals surface area contributed by atoms with Crippen LogP contribution in [-0.2, 0) is 21.5 Å². The SMILES string of the molecule is C[C@H](CNC(=O)CN1C(=O)N[C@@]2(CCCc3sccc32)C1=O)c1ccccc1. The standard InChI is InChI=1S/C21H23N3O3S/c1-14(15-6-3-2-4-7-15)12-22-18(25)13-24-19(26)21(23-20(24)27)10-5-8-17-16(21)9-11-28-17/h2-4,6-7,9,11,14H,5,8,10,12-13H2,1H3,(H,22,25)(H,23,27)/t14-,21-/m1/s1. The minimum atomic E-state index is -0.998. The molecule has 1 aromatic carbocycles. The van der Waals surface area contributed by atoms with Crippen molar-refractivity contribution in [2.24, 2.45) is 0 Å². The van der Waals surface area contributed by atoms with Crippen LogP contribution >= 0.6 is 11.3 Å². The second kappa shape index (κ2) is 7.39. The molecule has 2 aliphatic rings. The third-order valence-corrected chi connectivity index (χ3v) is 6.59. The van der Waals surface area contributed by atoms with Gasteiger partial charge in [0, 0.05) is 17.0 Å². The molecule has 1 aromatic heterocycles. The first kappa shape index (κ1) is 18.7. The van der Waals surface area contributed by atoms with E-state index in [1.807, 2.05) is 48.7 Å². The average Bonchev–Trinajstić information content (AvgIpc) is 3.27. The quantitative estimate of drug-likeness (QED) is 0.762. The van der Waals surface area contributed by atoms with Gasteiger partial charge < -0.3 is 10.6 Å². The summed E-state index contributed by atoms with van der Waals surface area (Å²) in [5, 5.41) is 7.67.